The minimum absolute atomic E-state index is 0.0113. The first-order chi connectivity index (χ1) is 11.3. The van der Waals surface area contributed by atoms with Crippen molar-refractivity contribution in [1.29, 1.82) is 0 Å². The van der Waals surface area contributed by atoms with Gasteiger partial charge in [0.05, 0.1) is 17.8 Å². The Morgan fingerprint density at radius 1 is 1.38 bits per heavy atom. The number of ether oxygens (including phenoxy) is 1. The van der Waals surface area contributed by atoms with E-state index in [2.05, 4.69) is 15.5 Å². The Hall–Kier alpha value is -1.03. The molecule has 1 heterocycles. The highest BCUT2D eigenvalue weighted by atomic mass is 32.2. The number of nitrogens with one attached hydrogen (secondary N) is 1. The van der Waals surface area contributed by atoms with Crippen LogP contribution in [-0.2, 0) is 4.79 Å². The Morgan fingerprint density at radius 3 is 2.75 bits per heavy atom. The van der Waals surface area contributed by atoms with E-state index in [0.717, 1.165) is 11.8 Å². The molecule has 0 aromatic carbocycles. The zero-order valence-corrected chi connectivity index (χ0v) is 15.1. The molecular formula is C14H20F3N3O2S2. The summed E-state index contributed by atoms with van der Waals surface area (Å²) in [6, 6.07) is -0.832. The summed E-state index contributed by atoms with van der Waals surface area (Å²) in [5, 5.41) is 10.7. The second-order valence-corrected chi connectivity index (χ2v) is 8.06. The highest BCUT2D eigenvalue weighted by molar-refractivity contribution is 8.01. The van der Waals surface area contributed by atoms with Crippen molar-refractivity contribution in [3.05, 3.63) is 0 Å². The molecule has 0 unspecified atom stereocenters. The lowest BCUT2D eigenvalue weighted by atomic mass is 9.84. The number of rotatable bonds is 6. The normalized spacial score (nSPS) is 21.8. The lowest BCUT2D eigenvalue weighted by Gasteiger charge is -2.33. The first kappa shape index (κ1) is 19.3. The van der Waals surface area contributed by atoms with Crippen molar-refractivity contribution in [2.45, 2.75) is 62.2 Å². The van der Waals surface area contributed by atoms with E-state index in [0.29, 0.717) is 28.8 Å². The second-order valence-electron chi connectivity index (χ2n) is 5.90. The van der Waals surface area contributed by atoms with Crippen LogP contribution in [-0.4, -0.2) is 40.2 Å². The van der Waals surface area contributed by atoms with E-state index >= 15 is 0 Å². The molecule has 2 rings (SSSR count). The second kappa shape index (κ2) is 8.37. The number of halogens is 3. The van der Waals surface area contributed by atoms with E-state index in [9.17, 15) is 18.0 Å². The summed E-state index contributed by atoms with van der Waals surface area (Å²) < 4.78 is 45.0. The highest BCUT2D eigenvalue weighted by Crippen LogP contribution is 2.37. The Labute approximate surface area is 146 Å². The third kappa shape index (κ3) is 5.80. The minimum atomic E-state index is -4.27. The quantitative estimate of drug-likeness (QED) is 0.760. The van der Waals surface area contributed by atoms with Gasteiger partial charge in [-0.1, -0.05) is 29.7 Å². The first-order valence-electron chi connectivity index (χ1n) is 7.74. The fourth-order valence-corrected chi connectivity index (χ4v) is 4.19. The number of alkyl halides is 3. The number of aromatic nitrogens is 2. The van der Waals surface area contributed by atoms with Crippen LogP contribution in [0.1, 0.15) is 39.5 Å². The lowest BCUT2D eigenvalue weighted by Crippen LogP contribution is -2.48. The topological polar surface area (TPSA) is 64.1 Å². The van der Waals surface area contributed by atoms with Gasteiger partial charge in [0.25, 0.3) is 5.19 Å². The van der Waals surface area contributed by atoms with E-state index in [1.54, 1.807) is 0 Å². The van der Waals surface area contributed by atoms with Crippen molar-refractivity contribution < 1.29 is 22.7 Å². The molecule has 136 valence electrons. The monoisotopic (exact) mass is 383 g/mol. The molecule has 0 spiro atoms. The van der Waals surface area contributed by atoms with Crippen LogP contribution in [0.25, 0.3) is 0 Å². The predicted octanol–water partition coefficient (Wildman–Crippen LogP) is 3.65. The van der Waals surface area contributed by atoms with Crippen molar-refractivity contribution in [2.24, 2.45) is 5.92 Å². The third-order valence-electron chi connectivity index (χ3n) is 3.58. The van der Waals surface area contributed by atoms with Gasteiger partial charge in [-0.3, -0.25) is 4.79 Å². The number of hydrogen-bond acceptors (Lipinski definition) is 6. The molecular weight excluding hydrogens is 363 g/mol. The van der Waals surface area contributed by atoms with Crippen LogP contribution in [0.15, 0.2) is 4.34 Å². The minimum Gasteiger partial charge on any atom is -0.466 e. The molecule has 0 radical (unpaired) electrons. The summed E-state index contributed by atoms with van der Waals surface area (Å²) in [6.45, 7) is 3.73. The molecule has 24 heavy (non-hydrogen) atoms. The predicted molar refractivity (Wildman–Crippen MR) is 86.3 cm³/mol. The number of thioether (sulfide) groups is 1. The number of hydrogen-bond donors (Lipinski definition) is 1. The zero-order valence-electron chi connectivity index (χ0n) is 13.4. The van der Waals surface area contributed by atoms with Crippen molar-refractivity contribution in [3.63, 3.8) is 0 Å². The molecule has 1 aromatic rings. The molecule has 10 heteroatoms. The van der Waals surface area contributed by atoms with E-state index in [1.807, 2.05) is 13.8 Å². The van der Waals surface area contributed by atoms with E-state index in [4.69, 9.17) is 4.74 Å². The molecule has 1 aliphatic rings. The largest absolute Gasteiger partial charge is 0.466 e. The Kier molecular flexibility index (Phi) is 6.73. The van der Waals surface area contributed by atoms with Gasteiger partial charge < -0.3 is 10.1 Å². The molecule has 1 saturated carbocycles. The van der Waals surface area contributed by atoms with Gasteiger partial charge in [0.2, 0.25) is 5.91 Å². The first-order valence-corrected chi connectivity index (χ1v) is 9.55. The van der Waals surface area contributed by atoms with Crippen LogP contribution in [0.4, 0.5) is 13.2 Å². The molecule has 0 aliphatic heterocycles. The number of carbonyl (C=O) groups excluding carboxylic acids is 1. The lowest BCUT2D eigenvalue weighted by molar-refractivity contribution is -0.189. The van der Waals surface area contributed by atoms with E-state index in [-0.39, 0.29) is 18.3 Å². The van der Waals surface area contributed by atoms with Crippen molar-refractivity contribution >= 4 is 29.0 Å². The zero-order chi connectivity index (χ0) is 17.7. The van der Waals surface area contributed by atoms with Crippen LogP contribution in [0, 0.1) is 5.92 Å². The maximum atomic E-state index is 13.0. The van der Waals surface area contributed by atoms with E-state index < -0.39 is 24.0 Å². The smallest absolute Gasteiger partial charge is 0.393 e. The van der Waals surface area contributed by atoms with E-state index in [1.165, 1.54) is 11.3 Å². The average Bonchev–Trinajstić information content (AvgIpc) is 2.91. The maximum Gasteiger partial charge on any atom is 0.393 e. The molecule has 1 amide bonds. The Bertz CT molecular complexity index is 552. The highest BCUT2D eigenvalue weighted by Gasteiger charge is 2.45. The number of nitrogens with zero attached hydrogens (tertiary/aromatic N) is 2. The van der Waals surface area contributed by atoms with Crippen molar-refractivity contribution in [1.82, 2.24) is 15.5 Å². The summed E-state index contributed by atoms with van der Waals surface area (Å²) in [4.78, 5) is 12.0. The standard InChI is InChI=1S/C14H20F3N3O2S2/c1-8(2)22-12-19-20-13(24-12)23-7-11(21)18-10-6-4-3-5-9(10)14(15,16)17/h8-10H,3-7H2,1-2H3,(H,18,21)/t9-,10+/m1/s1. The van der Waals surface area contributed by atoms with Crippen LogP contribution in [0.2, 0.25) is 0 Å². The summed E-state index contributed by atoms with van der Waals surface area (Å²) in [5.41, 5.74) is 0. The van der Waals surface area contributed by atoms with Crippen molar-refractivity contribution in [2.75, 3.05) is 5.75 Å². The molecule has 0 saturated heterocycles. The van der Waals surface area contributed by atoms with Crippen LogP contribution in [0.5, 0.6) is 5.19 Å². The summed E-state index contributed by atoms with van der Waals surface area (Å²) in [7, 11) is 0. The molecule has 2 atom stereocenters. The van der Waals surface area contributed by atoms with Gasteiger partial charge in [-0.15, -0.1) is 5.10 Å². The third-order valence-corrected chi connectivity index (χ3v) is 5.53. The summed E-state index contributed by atoms with van der Waals surface area (Å²) in [5.74, 6) is -1.85. The van der Waals surface area contributed by atoms with Gasteiger partial charge in [0.15, 0.2) is 4.34 Å². The van der Waals surface area contributed by atoms with Gasteiger partial charge in [-0.25, -0.2) is 0 Å². The Balaban J connectivity index is 1.83. The van der Waals surface area contributed by atoms with Gasteiger partial charge in [0.1, 0.15) is 0 Å². The van der Waals surface area contributed by atoms with Crippen LogP contribution < -0.4 is 10.1 Å². The fraction of sp³-hybridized carbons (Fsp3) is 0.786. The molecule has 1 fully saturated rings. The SMILES string of the molecule is CC(C)Oc1nnc(SCC(=O)N[C@H]2CCCC[C@H]2C(F)(F)F)s1. The van der Waals surface area contributed by atoms with Gasteiger partial charge in [-0.05, 0) is 38.0 Å². The van der Waals surface area contributed by atoms with Crippen LogP contribution >= 0.6 is 23.1 Å². The Morgan fingerprint density at radius 2 is 2.08 bits per heavy atom. The molecule has 0 bridgehead atoms. The molecule has 1 aliphatic carbocycles. The maximum absolute atomic E-state index is 13.0. The summed E-state index contributed by atoms with van der Waals surface area (Å²) in [6.07, 6.45) is -2.59. The molecule has 5 nitrogen and oxygen atoms in total. The number of amides is 1. The summed E-state index contributed by atoms with van der Waals surface area (Å²) >= 11 is 2.36. The van der Waals surface area contributed by atoms with Gasteiger partial charge >= 0.3 is 6.18 Å². The van der Waals surface area contributed by atoms with Gasteiger partial charge in [0, 0.05) is 6.04 Å². The van der Waals surface area contributed by atoms with Crippen LogP contribution in [0.3, 0.4) is 0 Å². The number of carbonyl (C=O) groups is 1. The molecule has 1 N–H and O–H groups in total. The van der Waals surface area contributed by atoms with Crippen molar-refractivity contribution in [3.8, 4) is 5.19 Å². The van der Waals surface area contributed by atoms with Gasteiger partial charge in [-0.2, -0.15) is 13.2 Å². The average molecular weight is 383 g/mol. The fourth-order valence-electron chi connectivity index (χ4n) is 2.58. The molecule has 1 aromatic heterocycles.